The molecule has 0 saturated heterocycles. The first-order valence-corrected chi connectivity index (χ1v) is 29.8. The minimum Gasteiger partial charge on any atom is -0.482 e. The second kappa shape index (κ2) is 18.6. The van der Waals surface area contributed by atoms with Gasteiger partial charge in [-0.3, -0.25) is 14.4 Å². The van der Waals surface area contributed by atoms with E-state index in [0.717, 1.165) is 50.0 Å². The van der Waals surface area contributed by atoms with Crippen LogP contribution in [0.5, 0.6) is 11.5 Å². The number of ketones is 3. The van der Waals surface area contributed by atoms with Crippen LogP contribution >= 0.6 is 45.3 Å². The Hall–Kier alpha value is -10.3. The number of halogens is 4. The molecule has 8 heterocycles. The lowest BCUT2D eigenvalue weighted by Crippen LogP contribution is -2.27. The summed E-state index contributed by atoms with van der Waals surface area (Å²) in [6, 6.07) is 21.5. The minimum atomic E-state index is -1.25. The van der Waals surface area contributed by atoms with E-state index in [9.17, 15) is 42.5 Å². The highest BCUT2D eigenvalue weighted by Crippen LogP contribution is 2.59. The van der Waals surface area contributed by atoms with Crippen molar-refractivity contribution in [2.45, 2.75) is 52.4 Å². The van der Waals surface area contributed by atoms with Crippen molar-refractivity contribution in [2.75, 3.05) is 0 Å². The molecule has 14 nitrogen and oxygen atoms in total. The predicted octanol–water partition coefficient (Wildman–Crippen LogP) is 16.2. The molecule has 10 aromatic rings. The molecule has 0 unspecified atom stereocenters. The highest BCUT2D eigenvalue weighted by molar-refractivity contribution is 7.25. The van der Waals surface area contributed by atoms with Gasteiger partial charge in [-0.15, -0.1) is 45.3 Å². The van der Waals surface area contributed by atoms with E-state index >= 15 is 0 Å². The van der Waals surface area contributed by atoms with Crippen molar-refractivity contribution in [1.29, 1.82) is 10.5 Å². The van der Waals surface area contributed by atoms with Gasteiger partial charge in [-0.25, -0.2) is 27.5 Å². The standard InChI is InChI=1S/C65H31F4N9O5S4/c1-8-78-76-53-48(44-21-37-60(86-44)61-42(82-65(37,4)5)16-27(85-61)14-35-47(63(72-6)73-7)31-18-39(67)41(69)20-33(31)57(35)80)52-51(74-50-28-11-9-10-12-29(28)58(81)55(50)75-52)49(54(53)77-78)45-22-43-62(87-45)59-36(64(2,3)83-43)15-26(84-59)13-34-46(25(23-70)24-71)30-17-38(66)40(68)19-32(30)56(34)79/h9-22H,8H2,1-5H3/b34-13-,35-14-. The van der Waals surface area contributed by atoms with Crippen molar-refractivity contribution in [3.05, 3.63) is 196 Å². The van der Waals surface area contributed by atoms with Crippen LogP contribution < -0.4 is 9.47 Å². The molecule has 0 fully saturated rings. The lowest BCUT2D eigenvalue weighted by Gasteiger charge is -2.31. The highest BCUT2D eigenvalue weighted by Gasteiger charge is 2.43. The maximum atomic E-state index is 14.7. The second-order valence-electron chi connectivity index (χ2n) is 21.7. The number of allylic oxidation sites excluding steroid dienone is 5. The van der Waals surface area contributed by atoms with E-state index in [1.165, 1.54) is 57.5 Å². The third-order valence-electron chi connectivity index (χ3n) is 15.9. The average Bonchev–Trinajstić information content (AvgIpc) is 1.68. The summed E-state index contributed by atoms with van der Waals surface area (Å²) >= 11 is 5.43. The normalized spacial score (nSPS) is 16.1. The van der Waals surface area contributed by atoms with Gasteiger partial charge in [0.05, 0.1) is 31.6 Å². The SMILES string of the molecule is [C-]#[N+]C([N+]#[C-])=C1/C(=C/c2cc3c(s2)-c2sc(-c4c5nc6c(nc5c(-c5cc7c(s5)-c5sc(/C=C8\C(=O)c9cc(F)c(F)cc9C8=C(C#N)C#N)cc5C(C)(C)O7)c5nn(CC)nc45)-c4ccccc4C6=O)cc2C(C)(C)O3)C(=O)c2cc(F)c(F)cc21. The van der Waals surface area contributed by atoms with Gasteiger partial charge >= 0.3 is 5.82 Å². The smallest absolute Gasteiger partial charge is 0.482 e. The van der Waals surface area contributed by atoms with Gasteiger partial charge in [0.1, 0.15) is 87.0 Å². The van der Waals surface area contributed by atoms with Gasteiger partial charge in [0, 0.05) is 80.7 Å². The molecule has 87 heavy (non-hydrogen) atoms. The summed E-state index contributed by atoms with van der Waals surface area (Å²) in [5.74, 6) is -6.08. The van der Waals surface area contributed by atoms with Crippen LogP contribution in [0.25, 0.3) is 107 Å². The summed E-state index contributed by atoms with van der Waals surface area (Å²) in [6.45, 7) is 25.4. The molecule has 0 radical (unpaired) electrons. The van der Waals surface area contributed by atoms with Crippen LogP contribution in [-0.2, 0) is 17.7 Å². The Bertz CT molecular complexity index is 5320. The van der Waals surface area contributed by atoms with Gasteiger partial charge in [-0.2, -0.15) is 35.2 Å². The van der Waals surface area contributed by atoms with Crippen molar-refractivity contribution >= 4 is 108 Å². The monoisotopic (exact) mass is 1220 g/mol. The number of aromatic nitrogens is 5. The number of thiophene rings is 4. The molecule has 5 aliphatic rings. The fraction of sp³-hybridized carbons (Fsp3) is 0.123. The summed E-state index contributed by atoms with van der Waals surface area (Å²) < 4.78 is 72.2. The van der Waals surface area contributed by atoms with Crippen LogP contribution in [0.1, 0.15) is 103 Å². The van der Waals surface area contributed by atoms with Crippen LogP contribution in [0.2, 0.25) is 0 Å². The second-order valence-corrected chi connectivity index (χ2v) is 26.0. The zero-order valence-corrected chi connectivity index (χ0v) is 48.8. The zero-order valence-electron chi connectivity index (χ0n) is 45.5. The lowest BCUT2D eigenvalue weighted by atomic mass is 9.93. The molecule has 2 aliphatic heterocycles. The van der Waals surface area contributed by atoms with Gasteiger partial charge in [-0.05, 0) is 106 Å². The summed E-state index contributed by atoms with van der Waals surface area (Å²) in [5, 5.41) is 30.3. The Morgan fingerprint density at radius 2 is 1.06 bits per heavy atom. The number of carbonyl (C=O) groups excluding carboxylic acids is 3. The number of nitrogens with zero attached hydrogens (tertiary/aromatic N) is 9. The van der Waals surface area contributed by atoms with Crippen LogP contribution in [-0.4, -0.2) is 42.3 Å². The molecule has 3 aliphatic carbocycles. The topological polar surface area (TPSA) is 182 Å². The molecule has 0 bridgehead atoms. The first-order valence-electron chi connectivity index (χ1n) is 26.5. The molecular formula is C65H31F4N9O5S4. The number of aryl methyl sites for hydroxylation is 1. The van der Waals surface area contributed by atoms with E-state index in [2.05, 4.69) is 9.69 Å². The molecule has 0 atom stereocenters. The van der Waals surface area contributed by atoms with Crippen molar-refractivity contribution in [1.82, 2.24) is 25.0 Å². The Labute approximate surface area is 505 Å². The Balaban J connectivity index is 0.912. The minimum absolute atomic E-state index is 0.0500. The largest absolute Gasteiger partial charge is 0.528 e. The average molecular weight is 1220 g/mol. The number of fused-ring (bicyclic) bond motifs is 13. The van der Waals surface area contributed by atoms with Gasteiger partial charge in [0.15, 0.2) is 34.8 Å². The summed E-state index contributed by atoms with van der Waals surface area (Å²) in [6.07, 6.45) is 3.04. The summed E-state index contributed by atoms with van der Waals surface area (Å²) in [4.78, 5) is 66.8. The number of rotatable bonds is 5. The van der Waals surface area contributed by atoms with Crippen LogP contribution in [0.15, 0.2) is 95.3 Å². The van der Waals surface area contributed by atoms with E-state index < -0.39 is 57.4 Å². The molecule has 0 saturated carbocycles. The fourth-order valence-electron chi connectivity index (χ4n) is 12.0. The summed E-state index contributed by atoms with van der Waals surface area (Å²) in [5.41, 5.74) is 2.80. The van der Waals surface area contributed by atoms with Crippen molar-refractivity contribution in [3.8, 4) is 75.3 Å². The van der Waals surface area contributed by atoms with E-state index in [0.29, 0.717) is 92.4 Å². The van der Waals surface area contributed by atoms with E-state index in [1.54, 1.807) is 23.0 Å². The van der Waals surface area contributed by atoms with Gasteiger partial charge in [0.2, 0.25) is 5.78 Å². The third kappa shape index (κ3) is 7.59. The molecule has 6 aromatic heterocycles. The molecular weight excluding hydrogens is 1190 g/mol. The fourth-order valence-corrected chi connectivity index (χ4v) is 17.1. The van der Waals surface area contributed by atoms with E-state index in [-0.39, 0.29) is 56.0 Å². The maximum Gasteiger partial charge on any atom is 0.528 e. The summed E-state index contributed by atoms with van der Waals surface area (Å²) in [7, 11) is 0. The first-order chi connectivity index (χ1) is 41.7. The number of ether oxygens (including phenoxy) is 2. The maximum absolute atomic E-state index is 14.7. The number of benzene rings is 4. The van der Waals surface area contributed by atoms with Crippen molar-refractivity contribution in [3.63, 3.8) is 0 Å². The van der Waals surface area contributed by atoms with Gasteiger partial charge < -0.3 is 9.47 Å². The predicted molar refractivity (Wildman–Crippen MR) is 321 cm³/mol. The molecule has 22 heteroatoms. The number of Topliss-reactive ketones (excluding diaryl/α,β-unsaturated/α-hetero) is 2. The number of carbonyl (C=O) groups is 3. The number of hydrogen-bond acceptors (Lipinski definition) is 15. The van der Waals surface area contributed by atoms with Crippen LogP contribution in [0, 0.1) is 59.1 Å². The van der Waals surface area contributed by atoms with Gasteiger partial charge in [0.25, 0.3) is 0 Å². The Morgan fingerprint density at radius 3 is 1.64 bits per heavy atom. The Kier molecular flexibility index (Phi) is 11.4. The molecule has 418 valence electrons. The molecule has 15 rings (SSSR count). The van der Waals surface area contributed by atoms with Crippen molar-refractivity contribution in [2.24, 2.45) is 0 Å². The Morgan fingerprint density at radius 1 is 0.586 bits per heavy atom. The zero-order chi connectivity index (χ0) is 60.6. The van der Waals surface area contributed by atoms with Crippen LogP contribution in [0.4, 0.5) is 17.6 Å². The highest BCUT2D eigenvalue weighted by atomic mass is 32.1. The van der Waals surface area contributed by atoms with Crippen LogP contribution in [0.3, 0.4) is 0 Å². The first kappa shape index (κ1) is 53.4. The molecule has 0 amide bonds. The van der Waals surface area contributed by atoms with Gasteiger partial charge in [-0.1, -0.05) is 24.3 Å². The quantitative estimate of drug-likeness (QED) is 0.0692. The molecule has 0 N–H and O–H groups in total. The number of nitriles is 2. The number of hydrogen-bond donors (Lipinski definition) is 0. The lowest BCUT2D eigenvalue weighted by molar-refractivity contribution is 0.103. The molecule has 4 aromatic carbocycles. The van der Waals surface area contributed by atoms with E-state index in [1.807, 2.05) is 77.1 Å². The molecule has 0 spiro atoms. The third-order valence-corrected chi connectivity index (χ3v) is 20.7. The van der Waals surface area contributed by atoms with E-state index in [4.69, 9.17) is 42.8 Å². The van der Waals surface area contributed by atoms with Crippen molar-refractivity contribution < 1.29 is 41.4 Å².